The second kappa shape index (κ2) is 3.28. The van der Waals surface area contributed by atoms with E-state index in [1.165, 1.54) is 19.3 Å². The first-order valence-electron chi connectivity index (χ1n) is 5.15. The van der Waals surface area contributed by atoms with Crippen LogP contribution in [-0.2, 0) is 5.54 Å². The molecule has 3 N–H and O–H groups in total. The van der Waals surface area contributed by atoms with E-state index in [9.17, 15) is 0 Å². The molecule has 4 nitrogen and oxygen atoms in total. The lowest BCUT2D eigenvalue weighted by Gasteiger charge is -2.41. The molecule has 1 fully saturated rings. The number of nitrogens with two attached hydrogens (primary N) is 1. The first kappa shape index (κ1) is 9.52. The molecule has 0 aliphatic carbocycles. The maximum atomic E-state index is 5.63. The number of nitrogens with zero attached hydrogens (tertiary/aromatic N) is 2. The van der Waals surface area contributed by atoms with Gasteiger partial charge >= 0.3 is 0 Å². The third kappa shape index (κ3) is 1.39. The zero-order chi connectivity index (χ0) is 10.2. The molecule has 4 heteroatoms. The highest BCUT2D eigenvalue weighted by Crippen LogP contribution is 2.35. The van der Waals surface area contributed by atoms with Crippen molar-refractivity contribution in [2.75, 3.05) is 19.3 Å². The van der Waals surface area contributed by atoms with Crippen LogP contribution in [0.5, 0.6) is 0 Å². The van der Waals surface area contributed by atoms with Crippen LogP contribution in [0.4, 0.5) is 5.82 Å². The van der Waals surface area contributed by atoms with E-state index in [1.807, 2.05) is 6.07 Å². The lowest BCUT2D eigenvalue weighted by atomic mass is 9.86. The topological polar surface area (TPSA) is 57.9 Å². The maximum absolute atomic E-state index is 5.63. The Morgan fingerprint density at radius 3 is 2.93 bits per heavy atom. The number of piperidine rings is 1. The minimum Gasteiger partial charge on any atom is -0.382 e. The Labute approximate surface area is 84.5 Å². The summed E-state index contributed by atoms with van der Waals surface area (Å²) >= 11 is 0. The van der Waals surface area contributed by atoms with Crippen molar-refractivity contribution in [2.45, 2.75) is 31.7 Å². The average molecular weight is 194 g/mol. The van der Waals surface area contributed by atoms with Gasteiger partial charge in [-0.3, -0.25) is 10.00 Å². The van der Waals surface area contributed by atoms with E-state index in [2.05, 4.69) is 29.1 Å². The smallest absolute Gasteiger partial charge is 0.145 e. The van der Waals surface area contributed by atoms with Gasteiger partial charge in [0.25, 0.3) is 0 Å². The van der Waals surface area contributed by atoms with Crippen molar-refractivity contribution in [1.82, 2.24) is 15.1 Å². The summed E-state index contributed by atoms with van der Waals surface area (Å²) in [5, 5.41) is 7.03. The second-order valence-electron chi connectivity index (χ2n) is 4.36. The molecule has 0 spiro atoms. The van der Waals surface area contributed by atoms with Gasteiger partial charge in [0.1, 0.15) is 5.82 Å². The number of nitrogen functional groups attached to an aromatic ring is 1. The van der Waals surface area contributed by atoms with Gasteiger partial charge in [0.15, 0.2) is 0 Å². The van der Waals surface area contributed by atoms with Crippen LogP contribution in [0.25, 0.3) is 0 Å². The summed E-state index contributed by atoms with van der Waals surface area (Å²) in [5.74, 6) is 0.584. The fourth-order valence-electron chi connectivity index (χ4n) is 2.21. The van der Waals surface area contributed by atoms with Gasteiger partial charge in [0.05, 0.1) is 11.2 Å². The molecule has 78 valence electrons. The predicted molar refractivity (Wildman–Crippen MR) is 56.8 cm³/mol. The zero-order valence-electron chi connectivity index (χ0n) is 8.88. The number of H-pyrrole nitrogens is 1. The van der Waals surface area contributed by atoms with E-state index in [4.69, 9.17) is 5.73 Å². The van der Waals surface area contributed by atoms with Crippen molar-refractivity contribution in [1.29, 1.82) is 0 Å². The summed E-state index contributed by atoms with van der Waals surface area (Å²) in [7, 11) is 2.16. The van der Waals surface area contributed by atoms with E-state index < -0.39 is 0 Å². The lowest BCUT2D eigenvalue weighted by molar-refractivity contribution is 0.0844. The Morgan fingerprint density at radius 1 is 1.57 bits per heavy atom. The van der Waals surface area contributed by atoms with Crippen LogP contribution in [-0.4, -0.2) is 28.7 Å². The van der Waals surface area contributed by atoms with Gasteiger partial charge in [0, 0.05) is 6.07 Å². The predicted octanol–water partition coefficient (Wildman–Crippen LogP) is 1.32. The minimum atomic E-state index is 0.0862. The van der Waals surface area contributed by atoms with Crippen molar-refractivity contribution in [3.05, 3.63) is 11.8 Å². The fourth-order valence-corrected chi connectivity index (χ4v) is 2.21. The largest absolute Gasteiger partial charge is 0.382 e. The van der Waals surface area contributed by atoms with Gasteiger partial charge in [-0.05, 0) is 39.8 Å². The minimum absolute atomic E-state index is 0.0862. The molecule has 2 heterocycles. The van der Waals surface area contributed by atoms with Crippen LogP contribution in [0.1, 0.15) is 31.9 Å². The van der Waals surface area contributed by atoms with Gasteiger partial charge < -0.3 is 5.73 Å². The number of aromatic nitrogens is 2. The summed E-state index contributed by atoms with van der Waals surface area (Å²) < 4.78 is 0. The summed E-state index contributed by atoms with van der Waals surface area (Å²) in [6, 6.07) is 1.95. The molecule has 1 aromatic rings. The Morgan fingerprint density at radius 2 is 2.36 bits per heavy atom. The Hall–Kier alpha value is -1.03. The molecule has 0 aromatic carbocycles. The van der Waals surface area contributed by atoms with Gasteiger partial charge in [-0.25, -0.2) is 0 Å². The number of hydrogen-bond acceptors (Lipinski definition) is 3. The Kier molecular flexibility index (Phi) is 2.23. The summed E-state index contributed by atoms with van der Waals surface area (Å²) in [4.78, 5) is 2.38. The normalized spacial score (nSPS) is 29.3. The monoisotopic (exact) mass is 194 g/mol. The van der Waals surface area contributed by atoms with E-state index in [-0.39, 0.29) is 5.54 Å². The summed E-state index contributed by atoms with van der Waals surface area (Å²) in [5.41, 5.74) is 6.85. The molecule has 1 aliphatic rings. The summed E-state index contributed by atoms with van der Waals surface area (Å²) in [6.45, 7) is 3.40. The van der Waals surface area contributed by atoms with Crippen molar-refractivity contribution in [2.24, 2.45) is 0 Å². The van der Waals surface area contributed by atoms with Crippen LogP contribution in [0.2, 0.25) is 0 Å². The van der Waals surface area contributed by atoms with Crippen LogP contribution in [0, 0.1) is 0 Å². The highest BCUT2D eigenvalue weighted by Gasteiger charge is 2.34. The Bertz CT molecular complexity index is 320. The van der Waals surface area contributed by atoms with Crippen molar-refractivity contribution >= 4 is 5.82 Å². The molecule has 0 bridgehead atoms. The Balaban J connectivity index is 2.29. The number of aromatic amines is 1. The molecule has 0 radical (unpaired) electrons. The van der Waals surface area contributed by atoms with Gasteiger partial charge in [-0.2, -0.15) is 5.10 Å². The number of likely N-dealkylation sites (tertiary alicyclic amines) is 1. The summed E-state index contributed by atoms with van der Waals surface area (Å²) in [6.07, 6.45) is 3.74. The van der Waals surface area contributed by atoms with Crippen LogP contribution in [0.15, 0.2) is 6.07 Å². The fraction of sp³-hybridized carbons (Fsp3) is 0.700. The number of anilines is 1. The van der Waals surface area contributed by atoms with Crippen LogP contribution in [0.3, 0.4) is 0 Å². The molecule has 0 amide bonds. The average Bonchev–Trinajstić information content (AvgIpc) is 2.58. The quantitative estimate of drug-likeness (QED) is 0.709. The van der Waals surface area contributed by atoms with E-state index in [0.29, 0.717) is 5.82 Å². The molecule has 1 unspecified atom stereocenters. The van der Waals surface area contributed by atoms with Crippen LogP contribution >= 0.6 is 0 Å². The molecule has 2 rings (SSSR count). The standard InChI is InChI=1S/C10H18N4/c1-10(5-3-4-6-14(10)2)8-7-9(11)13-12-8/h7H,3-6H2,1-2H3,(H3,11,12,13). The lowest BCUT2D eigenvalue weighted by Crippen LogP contribution is -2.44. The van der Waals surface area contributed by atoms with Crippen molar-refractivity contribution in [3.63, 3.8) is 0 Å². The molecule has 1 aliphatic heterocycles. The molecule has 1 aromatic heterocycles. The molecule has 1 saturated heterocycles. The third-order valence-electron chi connectivity index (χ3n) is 3.43. The van der Waals surface area contributed by atoms with Crippen molar-refractivity contribution in [3.8, 4) is 0 Å². The number of nitrogens with one attached hydrogen (secondary N) is 1. The molecule has 0 saturated carbocycles. The maximum Gasteiger partial charge on any atom is 0.145 e. The molecular weight excluding hydrogens is 176 g/mol. The third-order valence-corrected chi connectivity index (χ3v) is 3.43. The van der Waals surface area contributed by atoms with Gasteiger partial charge in [-0.15, -0.1) is 0 Å². The molecule has 14 heavy (non-hydrogen) atoms. The zero-order valence-corrected chi connectivity index (χ0v) is 8.88. The van der Waals surface area contributed by atoms with E-state index >= 15 is 0 Å². The SMILES string of the molecule is CN1CCCCC1(C)c1cc(N)n[nH]1. The highest BCUT2D eigenvalue weighted by molar-refractivity contribution is 5.32. The molecule has 1 atom stereocenters. The van der Waals surface area contributed by atoms with Gasteiger partial charge in [-0.1, -0.05) is 0 Å². The van der Waals surface area contributed by atoms with Crippen molar-refractivity contribution < 1.29 is 0 Å². The first-order chi connectivity index (χ1) is 6.63. The highest BCUT2D eigenvalue weighted by atomic mass is 15.2. The van der Waals surface area contributed by atoms with E-state index in [1.54, 1.807) is 0 Å². The number of rotatable bonds is 1. The number of hydrogen-bond donors (Lipinski definition) is 2. The van der Waals surface area contributed by atoms with Gasteiger partial charge in [0.2, 0.25) is 0 Å². The molecular formula is C10H18N4. The van der Waals surface area contributed by atoms with E-state index in [0.717, 1.165) is 12.2 Å². The first-order valence-corrected chi connectivity index (χ1v) is 5.15. The van der Waals surface area contributed by atoms with Crippen LogP contribution < -0.4 is 5.73 Å². The second-order valence-corrected chi connectivity index (χ2v) is 4.36.